The van der Waals surface area contributed by atoms with E-state index in [4.69, 9.17) is 0 Å². The first-order chi connectivity index (χ1) is 9.13. The van der Waals surface area contributed by atoms with Crippen molar-refractivity contribution < 1.29 is 9.18 Å². The number of rotatable bonds is 4. The monoisotopic (exact) mass is 262 g/mol. The highest BCUT2D eigenvalue weighted by atomic mass is 19.1. The molecule has 0 atom stereocenters. The van der Waals surface area contributed by atoms with Crippen LogP contribution in [0, 0.1) is 5.82 Å². The summed E-state index contributed by atoms with van der Waals surface area (Å²) in [6.45, 7) is 0. The van der Waals surface area contributed by atoms with E-state index >= 15 is 0 Å². The van der Waals surface area contributed by atoms with Gasteiger partial charge in [0.2, 0.25) is 5.91 Å². The van der Waals surface area contributed by atoms with Crippen molar-refractivity contribution in [3.8, 4) is 0 Å². The van der Waals surface area contributed by atoms with E-state index < -0.39 is 0 Å². The molecule has 0 aliphatic rings. The van der Waals surface area contributed by atoms with Crippen LogP contribution in [0.3, 0.4) is 0 Å². The van der Waals surface area contributed by atoms with E-state index in [1.165, 1.54) is 36.5 Å². The third kappa shape index (κ3) is 3.91. The predicted octanol–water partition coefficient (Wildman–Crippen LogP) is 0.535. The molecule has 19 heavy (non-hydrogen) atoms. The molecule has 1 aromatic heterocycles. The second kappa shape index (κ2) is 5.76. The number of hydrogen-bond donors (Lipinski definition) is 3. The van der Waals surface area contributed by atoms with Crippen LogP contribution in [0.2, 0.25) is 0 Å². The molecular weight excluding hydrogens is 251 g/mol. The van der Waals surface area contributed by atoms with Crippen LogP contribution in [0.1, 0.15) is 11.3 Å². The Morgan fingerprint density at radius 3 is 2.68 bits per heavy atom. The highest BCUT2D eigenvalue weighted by Crippen LogP contribution is 1.99. The topological polar surface area (TPSA) is 90.1 Å². The summed E-state index contributed by atoms with van der Waals surface area (Å²) >= 11 is 0. The number of nitrogens with zero attached hydrogens (tertiary/aromatic N) is 1. The van der Waals surface area contributed by atoms with Gasteiger partial charge in [0.05, 0.1) is 12.6 Å². The van der Waals surface area contributed by atoms with E-state index in [0.717, 1.165) is 0 Å². The molecule has 0 aliphatic carbocycles. The Morgan fingerprint density at radius 2 is 2.05 bits per heavy atom. The maximum Gasteiger partial charge on any atom is 0.264 e. The molecule has 1 aromatic carbocycles. The molecule has 0 radical (unpaired) electrons. The third-order valence-electron chi connectivity index (χ3n) is 2.28. The fraction of sp³-hybridized carbons (Fsp3) is 0.0833. The van der Waals surface area contributed by atoms with Crippen molar-refractivity contribution in [3.63, 3.8) is 0 Å². The minimum absolute atomic E-state index is 0.0134. The maximum absolute atomic E-state index is 12.6. The second-order valence-corrected chi connectivity index (χ2v) is 3.81. The number of nitrogens with one attached hydrogen (secondary N) is 3. The molecule has 0 saturated heterocycles. The molecule has 0 aliphatic heterocycles. The van der Waals surface area contributed by atoms with Gasteiger partial charge in [-0.05, 0) is 17.7 Å². The van der Waals surface area contributed by atoms with Gasteiger partial charge in [0.15, 0.2) is 0 Å². The van der Waals surface area contributed by atoms with Crippen LogP contribution >= 0.6 is 0 Å². The van der Waals surface area contributed by atoms with Crippen LogP contribution in [0.15, 0.2) is 40.2 Å². The van der Waals surface area contributed by atoms with Crippen LogP contribution in [0.5, 0.6) is 0 Å². The number of H-pyrrole nitrogens is 2. The number of benzene rings is 1. The summed E-state index contributed by atoms with van der Waals surface area (Å²) in [5, 5.41) is 8.61. The van der Waals surface area contributed by atoms with Gasteiger partial charge in [-0.3, -0.25) is 14.7 Å². The average molecular weight is 262 g/mol. The normalized spacial score (nSPS) is 10.8. The van der Waals surface area contributed by atoms with E-state index in [0.29, 0.717) is 11.3 Å². The molecule has 0 spiro atoms. The Balaban J connectivity index is 1.86. The van der Waals surface area contributed by atoms with Crippen molar-refractivity contribution in [2.45, 2.75) is 6.42 Å². The lowest BCUT2D eigenvalue weighted by Gasteiger charge is -1.97. The van der Waals surface area contributed by atoms with Gasteiger partial charge in [0.1, 0.15) is 5.82 Å². The van der Waals surface area contributed by atoms with Crippen molar-refractivity contribution in [1.29, 1.82) is 0 Å². The van der Waals surface area contributed by atoms with Gasteiger partial charge >= 0.3 is 0 Å². The van der Waals surface area contributed by atoms with Gasteiger partial charge in [-0.15, -0.1) is 0 Å². The predicted molar refractivity (Wildman–Crippen MR) is 67.3 cm³/mol. The van der Waals surface area contributed by atoms with Crippen molar-refractivity contribution in [2.75, 3.05) is 0 Å². The minimum atomic E-state index is -0.367. The summed E-state index contributed by atoms with van der Waals surface area (Å²) in [4.78, 5) is 22.3. The molecule has 0 unspecified atom stereocenters. The number of aromatic amines is 2. The molecule has 0 saturated carbocycles. The van der Waals surface area contributed by atoms with Crippen LogP contribution < -0.4 is 11.0 Å². The summed E-state index contributed by atoms with van der Waals surface area (Å²) in [7, 11) is 0. The first-order valence-corrected chi connectivity index (χ1v) is 5.47. The van der Waals surface area contributed by atoms with Gasteiger partial charge < -0.3 is 5.10 Å². The lowest BCUT2D eigenvalue weighted by molar-refractivity contribution is -0.120. The molecule has 3 N–H and O–H groups in total. The lowest BCUT2D eigenvalue weighted by Crippen LogP contribution is -2.20. The van der Waals surface area contributed by atoms with Crippen molar-refractivity contribution >= 4 is 12.1 Å². The van der Waals surface area contributed by atoms with Crippen LogP contribution in [0.4, 0.5) is 4.39 Å². The fourth-order valence-electron chi connectivity index (χ4n) is 1.41. The summed E-state index contributed by atoms with van der Waals surface area (Å²) in [5.41, 5.74) is 3.15. The number of hydrogen-bond acceptors (Lipinski definition) is 3. The average Bonchev–Trinajstić information content (AvgIpc) is 2.77. The number of halogens is 1. The zero-order chi connectivity index (χ0) is 13.7. The molecule has 6 nitrogen and oxygen atoms in total. The molecule has 1 heterocycles. The highest BCUT2D eigenvalue weighted by molar-refractivity contribution is 5.83. The van der Waals surface area contributed by atoms with E-state index in [1.807, 2.05) is 0 Å². The number of carbonyl (C=O) groups excluding carboxylic acids is 1. The molecule has 0 fully saturated rings. The summed E-state index contributed by atoms with van der Waals surface area (Å²) in [6, 6.07) is 6.97. The largest absolute Gasteiger partial charge is 0.302 e. The van der Waals surface area contributed by atoms with Crippen molar-refractivity contribution in [1.82, 2.24) is 15.6 Å². The van der Waals surface area contributed by atoms with E-state index in [2.05, 4.69) is 20.7 Å². The Kier molecular flexibility index (Phi) is 3.87. The maximum atomic E-state index is 12.6. The first kappa shape index (κ1) is 12.7. The standard InChI is InChI=1S/C12H11FN4O2/c13-9-3-1-8(2-4-9)7-14-16-11(18)5-10-6-12(19)17-15-10/h1-4,6-7H,5H2,(H,16,18)(H2,15,17,19)/b14-7-. The van der Waals surface area contributed by atoms with E-state index in [1.54, 1.807) is 0 Å². The fourth-order valence-corrected chi connectivity index (χ4v) is 1.41. The summed E-state index contributed by atoms with van der Waals surface area (Å²) in [5.74, 6) is -0.703. The summed E-state index contributed by atoms with van der Waals surface area (Å²) in [6.07, 6.45) is 1.41. The van der Waals surface area contributed by atoms with Gasteiger partial charge in [0.25, 0.3) is 5.56 Å². The zero-order valence-corrected chi connectivity index (χ0v) is 9.81. The van der Waals surface area contributed by atoms with Crippen LogP contribution in [-0.2, 0) is 11.2 Å². The quantitative estimate of drug-likeness (QED) is 0.554. The molecular formula is C12H11FN4O2. The molecule has 98 valence electrons. The van der Waals surface area contributed by atoms with Crippen LogP contribution in [-0.4, -0.2) is 22.3 Å². The smallest absolute Gasteiger partial charge is 0.264 e. The van der Waals surface area contributed by atoms with E-state index in [9.17, 15) is 14.0 Å². The number of aromatic nitrogens is 2. The van der Waals surface area contributed by atoms with Crippen molar-refractivity contribution in [3.05, 3.63) is 57.8 Å². The lowest BCUT2D eigenvalue weighted by atomic mass is 10.2. The van der Waals surface area contributed by atoms with Gasteiger partial charge in [0, 0.05) is 11.8 Å². The van der Waals surface area contributed by atoms with Gasteiger partial charge in [-0.1, -0.05) is 12.1 Å². The molecule has 0 bridgehead atoms. The first-order valence-electron chi connectivity index (χ1n) is 5.47. The number of hydrazone groups is 1. The van der Waals surface area contributed by atoms with E-state index in [-0.39, 0.29) is 23.7 Å². The molecule has 2 rings (SSSR count). The number of carbonyl (C=O) groups is 1. The van der Waals surface area contributed by atoms with Crippen LogP contribution in [0.25, 0.3) is 0 Å². The van der Waals surface area contributed by atoms with Crippen molar-refractivity contribution in [2.24, 2.45) is 5.10 Å². The number of amides is 1. The third-order valence-corrected chi connectivity index (χ3v) is 2.28. The Hall–Kier alpha value is -2.70. The Labute approximate surface area is 107 Å². The second-order valence-electron chi connectivity index (χ2n) is 3.81. The Bertz CT molecular complexity index is 642. The molecule has 1 amide bonds. The Morgan fingerprint density at radius 1 is 1.32 bits per heavy atom. The molecule has 2 aromatic rings. The van der Waals surface area contributed by atoms with Gasteiger partial charge in [-0.2, -0.15) is 5.10 Å². The summed E-state index contributed by atoms with van der Waals surface area (Å²) < 4.78 is 12.6. The molecule has 7 heteroatoms. The highest BCUT2D eigenvalue weighted by Gasteiger charge is 2.03. The van der Waals surface area contributed by atoms with Gasteiger partial charge in [-0.25, -0.2) is 9.82 Å². The SMILES string of the molecule is O=C(Cc1cc(=O)[nH][nH]1)N/N=C\c1ccc(F)cc1. The zero-order valence-electron chi connectivity index (χ0n) is 9.81. The minimum Gasteiger partial charge on any atom is -0.302 e.